The van der Waals surface area contributed by atoms with Crippen LogP contribution in [0.3, 0.4) is 0 Å². The molecule has 3 rings (SSSR count). The van der Waals surface area contributed by atoms with E-state index in [1.165, 1.54) is 0 Å². The summed E-state index contributed by atoms with van der Waals surface area (Å²) in [6.07, 6.45) is 1.18. The molecule has 0 bridgehead atoms. The first-order valence-electron chi connectivity index (χ1n) is 8.90. The van der Waals surface area contributed by atoms with Gasteiger partial charge in [0, 0.05) is 26.1 Å². The van der Waals surface area contributed by atoms with Crippen molar-refractivity contribution in [3.63, 3.8) is 0 Å². The molecule has 0 aliphatic carbocycles. The van der Waals surface area contributed by atoms with Crippen molar-refractivity contribution in [1.82, 2.24) is 14.9 Å². The molecule has 1 atom stereocenters. The number of nitrogens with one attached hydrogen (secondary N) is 2. The van der Waals surface area contributed by atoms with Crippen LogP contribution in [-0.2, 0) is 14.8 Å². The van der Waals surface area contributed by atoms with Gasteiger partial charge in [0.1, 0.15) is 0 Å². The lowest BCUT2D eigenvalue weighted by molar-refractivity contribution is -0.130. The lowest BCUT2D eigenvalue weighted by atomic mass is 10.1. The van der Waals surface area contributed by atoms with Gasteiger partial charge in [-0.1, -0.05) is 30.3 Å². The SMILES string of the molecule is CNCC1CCN(C(=O)CCNS(=O)(=O)c2ccc3ccccc3c2)C1.Cl. The molecule has 1 aliphatic rings. The maximum Gasteiger partial charge on any atom is 0.240 e. The molecule has 1 aliphatic heterocycles. The fourth-order valence-corrected chi connectivity index (χ4v) is 4.45. The molecule has 1 heterocycles. The molecule has 6 nitrogen and oxygen atoms in total. The molecule has 2 N–H and O–H groups in total. The lowest BCUT2D eigenvalue weighted by Gasteiger charge is -2.16. The number of halogens is 1. The normalized spacial score (nSPS) is 17.1. The summed E-state index contributed by atoms with van der Waals surface area (Å²) in [5, 5.41) is 5.00. The van der Waals surface area contributed by atoms with Gasteiger partial charge in [0.05, 0.1) is 4.90 Å². The molecular formula is C19H26ClN3O3S. The Balaban J connectivity index is 0.00000261. The summed E-state index contributed by atoms with van der Waals surface area (Å²) in [6.45, 7) is 2.51. The smallest absolute Gasteiger partial charge is 0.240 e. The van der Waals surface area contributed by atoms with E-state index in [-0.39, 0.29) is 36.2 Å². The number of nitrogens with zero attached hydrogens (tertiary/aromatic N) is 1. The van der Waals surface area contributed by atoms with Crippen LogP contribution in [0.4, 0.5) is 0 Å². The molecule has 27 heavy (non-hydrogen) atoms. The summed E-state index contributed by atoms with van der Waals surface area (Å²) >= 11 is 0. The zero-order chi connectivity index (χ0) is 18.6. The number of amides is 1. The van der Waals surface area contributed by atoms with E-state index in [1.807, 2.05) is 36.2 Å². The minimum absolute atomic E-state index is 0. The molecule has 1 amide bonds. The number of sulfonamides is 1. The highest BCUT2D eigenvalue weighted by Gasteiger charge is 2.25. The highest BCUT2D eigenvalue weighted by molar-refractivity contribution is 7.89. The first kappa shape index (κ1) is 21.6. The van der Waals surface area contributed by atoms with Crippen molar-refractivity contribution in [2.45, 2.75) is 17.7 Å². The highest BCUT2D eigenvalue weighted by atomic mass is 35.5. The Morgan fingerprint density at radius 3 is 2.67 bits per heavy atom. The molecule has 0 radical (unpaired) electrons. The van der Waals surface area contributed by atoms with E-state index in [1.54, 1.807) is 18.2 Å². The first-order chi connectivity index (χ1) is 12.5. The number of benzene rings is 2. The number of rotatable bonds is 7. The molecular weight excluding hydrogens is 386 g/mol. The third-order valence-electron chi connectivity index (χ3n) is 4.79. The Hall–Kier alpha value is -1.67. The van der Waals surface area contributed by atoms with Gasteiger partial charge in [-0.2, -0.15) is 0 Å². The standard InChI is InChI=1S/C19H25N3O3S.ClH/c1-20-13-15-9-11-22(14-15)19(23)8-10-21-26(24,25)18-7-6-16-4-2-3-5-17(16)12-18;/h2-7,12,15,20-21H,8-11,13-14H2,1H3;1H. The van der Waals surface area contributed by atoms with Gasteiger partial charge in [0.15, 0.2) is 0 Å². The van der Waals surface area contributed by atoms with E-state index < -0.39 is 10.0 Å². The average Bonchev–Trinajstić information content (AvgIpc) is 3.10. The van der Waals surface area contributed by atoms with Crippen molar-refractivity contribution < 1.29 is 13.2 Å². The number of carbonyl (C=O) groups excluding carboxylic acids is 1. The Labute approximate surface area is 166 Å². The third kappa shape index (κ3) is 5.42. The number of hydrogen-bond acceptors (Lipinski definition) is 4. The van der Waals surface area contributed by atoms with E-state index in [2.05, 4.69) is 10.0 Å². The summed E-state index contributed by atoms with van der Waals surface area (Å²) in [5.74, 6) is 0.489. The fraction of sp³-hybridized carbons (Fsp3) is 0.421. The maximum absolute atomic E-state index is 12.5. The summed E-state index contributed by atoms with van der Waals surface area (Å²) in [7, 11) is -1.71. The molecule has 0 aromatic heterocycles. The Morgan fingerprint density at radius 1 is 1.19 bits per heavy atom. The van der Waals surface area contributed by atoms with Crippen LogP contribution in [0.1, 0.15) is 12.8 Å². The quantitative estimate of drug-likeness (QED) is 0.730. The minimum atomic E-state index is -3.62. The van der Waals surface area contributed by atoms with Crippen molar-refractivity contribution >= 4 is 39.1 Å². The summed E-state index contributed by atoms with van der Waals surface area (Å²) in [6, 6.07) is 12.7. The first-order valence-corrected chi connectivity index (χ1v) is 10.4. The van der Waals surface area contributed by atoms with Gasteiger partial charge < -0.3 is 10.2 Å². The monoisotopic (exact) mass is 411 g/mol. The van der Waals surface area contributed by atoms with E-state index in [0.29, 0.717) is 5.92 Å². The van der Waals surface area contributed by atoms with E-state index in [9.17, 15) is 13.2 Å². The second-order valence-electron chi connectivity index (χ2n) is 6.71. The van der Waals surface area contributed by atoms with Crippen LogP contribution in [0, 0.1) is 5.92 Å². The Bertz CT molecular complexity index is 889. The van der Waals surface area contributed by atoms with Crippen LogP contribution in [0.5, 0.6) is 0 Å². The van der Waals surface area contributed by atoms with Crippen molar-refractivity contribution in [3.05, 3.63) is 42.5 Å². The van der Waals surface area contributed by atoms with Gasteiger partial charge in [-0.3, -0.25) is 4.79 Å². The number of carbonyl (C=O) groups is 1. The van der Waals surface area contributed by atoms with Crippen molar-refractivity contribution in [1.29, 1.82) is 0 Å². The van der Waals surface area contributed by atoms with E-state index >= 15 is 0 Å². The fourth-order valence-electron chi connectivity index (χ4n) is 3.38. The van der Waals surface area contributed by atoms with Crippen molar-refractivity contribution in [2.24, 2.45) is 5.92 Å². The van der Waals surface area contributed by atoms with Gasteiger partial charge in [-0.15, -0.1) is 12.4 Å². The molecule has 2 aromatic carbocycles. The zero-order valence-corrected chi connectivity index (χ0v) is 17.0. The number of hydrogen-bond donors (Lipinski definition) is 2. The molecule has 0 saturated carbocycles. The van der Waals surface area contributed by atoms with Crippen LogP contribution < -0.4 is 10.0 Å². The predicted molar refractivity (Wildman–Crippen MR) is 110 cm³/mol. The summed E-state index contributed by atoms with van der Waals surface area (Å²) < 4.78 is 27.5. The number of fused-ring (bicyclic) bond motifs is 1. The third-order valence-corrected chi connectivity index (χ3v) is 6.25. The molecule has 2 aromatic rings. The second-order valence-corrected chi connectivity index (χ2v) is 8.48. The van der Waals surface area contributed by atoms with Gasteiger partial charge >= 0.3 is 0 Å². The van der Waals surface area contributed by atoms with Crippen molar-refractivity contribution in [3.8, 4) is 0 Å². The largest absolute Gasteiger partial charge is 0.342 e. The molecule has 148 valence electrons. The van der Waals surface area contributed by atoms with Gasteiger partial charge in [-0.05, 0) is 48.8 Å². The molecule has 1 saturated heterocycles. The van der Waals surface area contributed by atoms with Crippen LogP contribution >= 0.6 is 12.4 Å². The second kappa shape index (κ2) is 9.50. The van der Waals surface area contributed by atoms with Crippen LogP contribution in [0.25, 0.3) is 10.8 Å². The van der Waals surface area contributed by atoms with Crippen LogP contribution in [0.15, 0.2) is 47.4 Å². The molecule has 1 fully saturated rings. The Kier molecular flexibility index (Phi) is 7.61. The van der Waals surface area contributed by atoms with Gasteiger partial charge in [0.25, 0.3) is 0 Å². The summed E-state index contributed by atoms with van der Waals surface area (Å²) in [4.78, 5) is 14.3. The molecule has 8 heteroatoms. The predicted octanol–water partition coefficient (Wildman–Crippen LogP) is 2.00. The highest BCUT2D eigenvalue weighted by Crippen LogP contribution is 2.19. The minimum Gasteiger partial charge on any atom is -0.342 e. The average molecular weight is 412 g/mol. The van der Waals surface area contributed by atoms with E-state index in [0.717, 1.165) is 36.8 Å². The number of likely N-dealkylation sites (tertiary alicyclic amines) is 1. The van der Waals surface area contributed by atoms with Gasteiger partial charge in [0.2, 0.25) is 15.9 Å². The van der Waals surface area contributed by atoms with E-state index in [4.69, 9.17) is 0 Å². The lowest BCUT2D eigenvalue weighted by Crippen LogP contribution is -2.34. The molecule has 0 spiro atoms. The van der Waals surface area contributed by atoms with Crippen molar-refractivity contribution in [2.75, 3.05) is 33.2 Å². The zero-order valence-electron chi connectivity index (χ0n) is 15.3. The maximum atomic E-state index is 12.5. The topological polar surface area (TPSA) is 78.5 Å². The van der Waals surface area contributed by atoms with Gasteiger partial charge in [-0.25, -0.2) is 13.1 Å². The summed E-state index contributed by atoms with van der Waals surface area (Å²) in [5.41, 5.74) is 0. The van der Waals surface area contributed by atoms with Crippen LogP contribution in [0.2, 0.25) is 0 Å². The molecule has 1 unspecified atom stereocenters. The Morgan fingerprint density at radius 2 is 1.93 bits per heavy atom. The van der Waals surface area contributed by atoms with Crippen LogP contribution in [-0.4, -0.2) is 52.5 Å².